The molecule has 6 nitrogen and oxygen atoms in total. The third-order valence-corrected chi connectivity index (χ3v) is 6.25. The van der Waals surface area contributed by atoms with Crippen LogP contribution < -0.4 is 20.1 Å². The predicted molar refractivity (Wildman–Crippen MR) is 90.2 cm³/mol. The van der Waals surface area contributed by atoms with Gasteiger partial charge in [0.1, 0.15) is 0 Å². The molecule has 4 fully saturated rings. The van der Waals surface area contributed by atoms with Crippen molar-refractivity contribution in [2.24, 2.45) is 17.8 Å². The molecule has 2 N–H and O–H groups in total. The number of amides is 2. The second kappa shape index (κ2) is 5.38. The number of anilines is 1. The second-order valence-corrected chi connectivity index (χ2v) is 8.17. The summed E-state index contributed by atoms with van der Waals surface area (Å²) in [4.78, 5) is 24.8. The van der Waals surface area contributed by atoms with Crippen molar-refractivity contribution in [2.45, 2.75) is 44.1 Å². The van der Waals surface area contributed by atoms with Crippen LogP contribution in [0.2, 0.25) is 0 Å². The van der Waals surface area contributed by atoms with Gasteiger partial charge in [-0.15, -0.1) is 0 Å². The van der Waals surface area contributed by atoms with Crippen LogP contribution in [-0.4, -0.2) is 24.1 Å². The minimum Gasteiger partial charge on any atom is -0.454 e. The number of carbonyl (C=O) groups excluding carboxylic acids is 2. The summed E-state index contributed by atoms with van der Waals surface area (Å²) in [7, 11) is 0. The van der Waals surface area contributed by atoms with Gasteiger partial charge < -0.3 is 20.1 Å². The van der Waals surface area contributed by atoms with Gasteiger partial charge in [-0.1, -0.05) is 0 Å². The molecule has 0 aromatic heterocycles. The van der Waals surface area contributed by atoms with E-state index >= 15 is 0 Å². The van der Waals surface area contributed by atoms with E-state index < -0.39 is 11.8 Å². The van der Waals surface area contributed by atoms with Crippen molar-refractivity contribution < 1.29 is 19.1 Å². The Morgan fingerprint density at radius 2 is 1.56 bits per heavy atom. The minimum atomic E-state index is -0.616. The van der Waals surface area contributed by atoms with Gasteiger partial charge in [-0.25, -0.2) is 0 Å². The average molecular weight is 342 g/mol. The van der Waals surface area contributed by atoms with Gasteiger partial charge in [-0.2, -0.15) is 0 Å². The fourth-order valence-corrected chi connectivity index (χ4v) is 5.72. The first-order valence-corrected chi connectivity index (χ1v) is 9.12. The molecule has 0 spiro atoms. The Kier molecular flexibility index (Phi) is 3.24. The minimum absolute atomic E-state index is 0.155. The lowest BCUT2D eigenvalue weighted by molar-refractivity contribution is -0.139. The van der Waals surface area contributed by atoms with Crippen LogP contribution in [0.3, 0.4) is 0 Å². The van der Waals surface area contributed by atoms with E-state index in [1.165, 1.54) is 19.3 Å². The van der Waals surface area contributed by atoms with Crippen molar-refractivity contribution in [1.29, 1.82) is 0 Å². The molecule has 0 saturated heterocycles. The number of rotatable bonds is 2. The van der Waals surface area contributed by atoms with Crippen molar-refractivity contribution in [3.63, 3.8) is 0 Å². The number of benzene rings is 1. The van der Waals surface area contributed by atoms with Crippen molar-refractivity contribution in [3.8, 4) is 11.5 Å². The molecule has 1 aliphatic heterocycles. The first-order valence-electron chi connectivity index (χ1n) is 9.12. The summed E-state index contributed by atoms with van der Waals surface area (Å²) < 4.78 is 10.5. The van der Waals surface area contributed by atoms with Crippen molar-refractivity contribution in [1.82, 2.24) is 5.32 Å². The molecule has 4 aliphatic carbocycles. The Morgan fingerprint density at radius 3 is 2.24 bits per heavy atom. The van der Waals surface area contributed by atoms with Gasteiger partial charge in [-0.3, -0.25) is 9.59 Å². The summed E-state index contributed by atoms with van der Waals surface area (Å²) in [5.74, 6) is 2.26. The summed E-state index contributed by atoms with van der Waals surface area (Å²) in [6.07, 6.45) is 7.00. The summed E-state index contributed by atoms with van der Waals surface area (Å²) in [6, 6.07) is 5.12. The molecule has 0 atom stereocenters. The molecule has 1 aromatic rings. The Bertz CT molecular complexity index is 710. The first-order chi connectivity index (χ1) is 12.1. The standard InChI is InChI=1S/C19H22N2O4/c22-17(20-14-1-2-15-16(6-14)25-10-24-15)18(23)21-19-7-11-3-12(8-19)5-13(4-11)9-19/h1-2,6,11-13H,3-5,7-10H2,(H,20,22)(H,21,23). The van der Waals surface area contributed by atoms with E-state index in [-0.39, 0.29) is 12.3 Å². The van der Waals surface area contributed by atoms with Crippen LogP contribution in [-0.2, 0) is 9.59 Å². The topological polar surface area (TPSA) is 76.7 Å². The molecule has 1 aromatic carbocycles. The first kappa shape index (κ1) is 15.0. The molecular formula is C19H22N2O4. The van der Waals surface area contributed by atoms with Crippen molar-refractivity contribution >= 4 is 17.5 Å². The molecule has 4 bridgehead atoms. The number of hydrogen-bond donors (Lipinski definition) is 2. The van der Waals surface area contributed by atoms with Gasteiger partial charge in [0.25, 0.3) is 0 Å². The Balaban J connectivity index is 1.26. The summed E-state index contributed by atoms with van der Waals surface area (Å²) >= 11 is 0. The smallest absolute Gasteiger partial charge is 0.313 e. The number of ether oxygens (including phenoxy) is 2. The Labute approximate surface area is 146 Å². The Morgan fingerprint density at radius 1 is 0.920 bits per heavy atom. The highest BCUT2D eigenvalue weighted by Gasteiger charge is 2.51. The lowest BCUT2D eigenvalue weighted by Gasteiger charge is -2.56. The summed E-state index contributed by atoms with van der Waals surface area (Å²) in [5.41, 5.74) is 0.382. The molecule has 0 radical (unpaired) electrons. The molecule has 5 aliphatic rings. The van der Waals surface area contributed by atoms with E-state index in [4.69, 9.17) is 9.47 Å². The van der Waals surface area contributed by atoms with Crippen molar-refractivity contribution in [2.75, 3.05) is 12.1 Å². The predicted octanol–water partition coefficient (Wildman–Crippen LogP) is 2.44. The highest BCUT2D eigenvalue weighted by atomic mass is 16.7. The highest BCUT2D eigenvalue weighted by molar-refractivity contribution is 6.39. The summed E-state index contributed by atoms with van der Waals surface area (Å²) in [5, 5.41) is 5.76. The zero-order valence-corrected chi connectivity index (χ0v) is 14.0. The van der Waals surface area contributed by atoms with Crippen LogP contribution >= 0.6 is 0 Å². The van der Waals surface area contributed by atoms with Crippen LogP contribution in [0.5, 0.6) is 11.5 Å². The Hall–Kier alpha value is -2.24. The maximum absolute atomic E-state index is 12.5. The quantitative estimate of drug-likeness (QED) is 0.810. The highest BCUT2D eigenvalue weighted by Crippen LogP contribution is 2.55. The number of nitrogens with one attached hydrogen (secondary N) is 2. The van der Waals surface area contributed by atoms with Crippen LogP contribution in [0, 0.1) is 17.8 Å². The molecule has 1 heterocycles. The molecule has 4 saturated carbocycles. The SMILES string of the molecule is O=C(Nc1ccc2c(c1)OCO2)C(=O)NC12CC3CC(CC(C3)C1)C2. The van der Waals surface area contributed by atoms with Crippen LogP contribution in [0.15, 0.2) is 18.2 Å². The molecule has 132 valence electrons. The fraction of sp³-hybridized carbons (Fsp3) is 0.579. The molecule has 25 heavy (non-hydrogen) atoms. The van der Waals surface area contributed by atoms with Gasteiger partial charge in [0.15, 0.2) is 11.5 Å². The van der Waals surface area contributed by atoms with Gasteiger partial charge in [0, 0.05) is 17.3 Å². The van der Waals surface area contributed by atoms with Gasteiger partial charge in [0.2, 0.25) is 6.79 Å². The summed E-state index contributed by atoms with van der Waals surface area (Å²) in [6.45, 7) is 0.180. The lowest BCUT2D eigenvalue weighted by Crippen LogP contribution is -2.61. The van der Waals surface area contributed by atoms with E-state index in [9.17, 15) is 9.59 Å². The molecule has 0 unspecified atom stereocenters. The molecule has 2 amide bonds. The maximum Gasteiger partial charge on any atom is 0.313 e. The van der Waals surface area contributed by atoms with Crippen LogP contribution in [0.4, 0.5) is 5.69 Å². The van der Waals surface area contributed by atoms with Crippen LogP contribution in [0.25, 0.3) is 0 Å². The van der Waals surface area contributed by atoms with Gasteiger partial charge >= 0.3 is 11.8 Å². The van der Waals surface area contributed by atoms with E-state index in [1.54, 1.807) is 18.2 Å². The monoisotopic (exact) mass is 342 g/mol. The third kappa shape index (κ3) is 2.64. The second-order valence-electron chi connectivity index (χ2n) is 8.17. The number of hydrogen-bond acceptors (Lipinski definition) is 4. The van der Waals surface area contributed by atoms with E-state index in [0.717, 1.165) is 37.0 Å². The molecule has 6 rings (SSSR count). The molecular weight excluding hydrogens is 320 g/mol. The van der Waals surface area contributed by atoms with E-state index in [0.29, 0.717) is 17.2 Å². The largest absolute Gasteiger partial charge is 0.454 e. The maximum atomic E-state index is 12.5. The van der Waals surface area contributed by atoms with Crippen LogP contribution in [0.1, 0.15) is 38.5 Å². The van der Waals surface area contributed by atoms with Gasteiger partial charge in [0.05, 0.1) is 0 Å². The van der Waals surface area contributed by atoms with E-state index in [1.807, 2.05) is 0 Å². The number of carbonyl (C=O) groups is 2. The zero-order chi connectivity index (χ0) is 17.0. The van der Waals surface area contributed by atoms with E-state index in [2.05, 4.69) is 10.6 Å². The number of fused-ring (bicyclic) bond motifs is 1. The average Bonchev–Trinajstić information content (AvgIpc) is 3.00. The van der Waals surface area contributed by atoms with Gasteiger partial charge in [-0.05, 0) is 68.4 Å². The third-order valence-electron chi connectivity index (χ3n) is 6.25. The molecule has 6 heteroatoms. The normalized spacial score (nSPS) is 34.0. The fourth-order valence-electron chi connectivity index (χ4n) is 5.72. The van der Waals surface area contributed by atoms with Crippen molar-refractivity contribution in [3.05, 3.63) is 18.2 Å². The lowest BCUT2D eigenvalue weighted by atomic mass is 9.53. The zero-order valence-electron chi connectivity index (χ0n) is 14.0.